The summed E-state index contributed by atoms with van der Waals surface area (Å²) in [6.45, 7) is 1.45. The lowest BCUT2D eigenvalue weighted by Crippen LogP contribution is -2.22. The third-order valence-electron chi connectivity index (χ3n) is 5.04. The molecule has 8 heteroatoms. The Morgan fingerprint density at radius 2 is 2.11 bits per heavy atom. The van der Waals surface area contributed by atoms with Crippen LogP contribution in [0.2, 0.25) is 0 Å². The van der Waals surface area contributed by atoms with Crippen LogP contribution in [0.25, 0.3) is 11.6 Å². The summed E-state index contributed by atoms with van der Waals surface area (Å²) in [6.07, 6.45) is 9.42. The molecule has 1 saturated heterocycles. The number of rotatable bonds is 7. The SMILES string of the molecule is O=C(CSc1nnc(-c2ccco2)n1C[C@H]1CCCO1)OC1CCCCC1. The standard InChI is InChI=1S/C19H25N3O4S/c23-17(26-14-6-2-1-3-7-14)13-27-19-21-20-18(16-9-5-11-25-16)22(19)12-15-8-4-10-24-15/h5,9,11,14-15H,1-4,6-8,10,12-13H2/t15-/m1/s1. The molecule has 7 nitrogen and oxygen atoms in total. The predicted molar refractivity (Wildman–Crippen MR) is 100 cm³/mol. The number of aromatic nitrogens is 3. The minimum atomic E-state index is -0.182. The molecule has 3 heterocycles. The van der Waals surface area contributed by atoms with Crippen molar-refractivity contribution >= 4 is 17.7 Å². The lowest BCUT2D eigenvalue weighted by molar-refractivity contribution is -0.147. The molecule has 0 unspecified atom stereocenters. The van der Waals surface area contributed by atoms with Crippen LogP contribution in [0.4, 0.5) is 0 Å². The van der Waals surface area contributed by atoms with Crippen LogP contribution in [-0.2, 0) is 20.8 Å². The zero-order chi connectivity index (χ0) is 18.5. The third kappa shape index (κ3) is 4.73. The number of nitrogens with zero attached hydrogens (tertiary/aromatic N) is 3. The van der Waals surface area contributed by atoms with Gasteiger partial charge in [0.25, 0.3) is 0 Å². The Morgan fingerprint density at radius 3 is 2.85 bits per heavy atom. The quantitative estimate of drug-likeness (QED) is 0.526. The van der Waals surface area contributed by atoms with E-state index < -0.39 is 0 Å². The van der Waals surface area contributed by atoms with E-state index in [2.05, 4.69) is 10.2 Å². The predicted octanol–water partition coefficient (Wildman–Crippen LogP) is 3.69. The molecule has 2 aromatic heterocycles. The van der Waals surface area contributed by atoms with E-state index in [0.717, 1.165) is 45.1 Å². The summed E-state index contributed by atoms with van der Waals surface area (Å²) >= 11 is 1.36. The van der Waals surface area contributed by atoms with Gasteiger partial charge in [-0.2, -0.15) is 0 Å². The minimum absolute atomic E-state index is 0.0790. The largest absolute Gasteiger partial charge is 0.462 e. The van der Waals surface area contributed by atoms with E-state index in [-0.39, 0.29) is 23.9 Å². The monoisotopic (exact) mass is 391 g/mol. The fraction of sp³-hybridized carbons (Fsp3) is 0.632. The molecule has 2 aromatic rings. The van der Waals surface area contributed by atoms with Crippen LogP contribution < -0.4 is 0 Å². The number of carbonyl (C=O) groups is 1. The van der Waals surface area contributed by atoms with Crippen molar-refractivity contribution in [1.29, 1.82) is 0 Å². The second kappa shape index (κ2) is 8.93. The summed E-state index contributed by atoms with van der Waals surface area (Å²) in [7, 11) is 0. The lowest BCUT2D eigenvalue weighted by Gasteiger charge is -2.21. The summed E-state index contributed by atoms with van der Waals surface area (Å²) in [5.41, 5.74) is 0. The molecule has 0 spiro atoms. The number of furan rings is 1. The smallest absolute Gasteiger partial charge is 0.316 e. The molecule has 27 heavy (non-hydrogen) atoms. The molecule has 0 bridgehead atoms. The summed E-state index contributed by atoms with van der Waals surface area (Å²) in [4.78, 5) is 12.2. The number of hydrogen-bond donors (Lipinski definition) is 0. The maximum Gasteiger partial charge on any atom is 0.316 e. The first kappa shape index (κ1) is 18.6. The maximum atomic E-state index is 12.2. The second-order valence-electron chi connectivity index (χ2n) is 7.07. The Bertz CT molecular complexity index is 734. The Labute approximate surface area is 162 Å². The zero-order valence-electron chi connectivity index (χ0n) is 15.3. The minimum Gasteiger partial charge on any atom is -0.462 e. The van der Waals surface area contributed by atoms with Gasteiger partial charge in [0.1, 0.15) is 6.10 Å². The molecular weight excluding hydrogens is 366 g/mol. The van der Waals surface area contributed by atoms with Crippen LogP contribution in [0.1, 0.15) is 44.9 Å². The van der Waals surface area contributed by atoms with E-state index >= 15 is 0 Å². The number of hydrogen-bond acceptors (Lipinski definition) is 7. The maximum absolute atomic E-state index is 12.2. The molecule has 1 atom stereocenters. The van der Waals surface area contributed by atoms with E-state index in [1.807, 2.05) is 16.7 Å². The summed E-state index contributed by atoms with van der Waals surface area (Å²) in [5.74, 6) is 1.38. The van der Waals surface area contributed by atoms with Crippen LogP contribution in [0, 0.1) is 0 Å². The van der Waals surface area contributed by atoms with Gasteiger partial charge >= 0.3 is 5.97 Å². The van der Waals surface area contributed by atoms with E-state index in [0.29, 0.717) is 23.3 Å². The van der Waals surface area contributed by atoms with E-state index in [9.17, 15) is 4.79 Å². The van der Waals surface area contributed by atoms with Gasteiger partial charge in [0.15, 0.2) is 10.9 Å². The van der Waals surface area contributed by atoms with Crippen molar-refractivity contribution in [3.8, 4) is 11.6 Å². The van der Waals surface area contributed by atoms with Crippen molar-refractivity contribution in [3.63, 3.8) is 0 Å². The van der Waals surface area contributed by atoms with Gasteiger partial charge in [-0.1, -0.05) is 18.2 Å². The van der Waals surface area contributed by atoms with Crippen molar-refractivity contribution < 1.29 is 18.7 Å². The van der Waals surface area contributed by atoms with Gasteiger partial charge in [0.05, 0.1) is 24.7 Å². The fourth-order valence-electron chi connectivity index (χ4n) is 3.67. The molecule has 1 saturated carbocycles. The molecular formula is C19H25N3O4S. The average molecular weight is 391 g/mol. The van der Waals surface area contributed by atoms with Crippen LogP contribution in [0.5, 0.6) is 0 Å². The van der Waals surface area contributed by atoms with E-state index in [4.69, 9.17) is 13.9 Å². The Hall–Kier alpha value is -1.80. The van der Waals surface area contributed by atoms with Crippen molar-refractivity contribution in [2.45, 2.75) is 68.9 Å². The van der Waals surface area contributed by atoms with Gasteiger partial charge in [0, 0.05) is 6.61 Å². The molecule has 4 rings (SSSR count). The van der Waals surface area contributed by atoms with Crippen molar-refractivity contribution in [1.82, 2.24) is 14.8 Å². The Morgan fingerprint density at radius 1 is 1.22 bits per heavy atom. The second-order valence-corrected chi connectivity index (χ2v) is 8.01. The molecule has 1 aliphatic carbocycles. The van der Waals surface area contributed by atoms with Crippen LogP contribution in [0.3, 0.4) is 0 Å². The topological polar surface area (TPSA) is 79.4 Å². The summed E-state index contributed by atoms with van der Waals surface area (Å²) in [6, 6.07) is 3.69. The van der Waals surface area contributed by atoms with Gasteiger partial charge in [-0.25, -0.2) is 0 Å². The zero-order valence-corrected chi connectivity index (χ0v) is 16.2. The average Bonchev–Trinajstić information content (AvgIpc) is 3.44. The number of carbonyl (C=O) groups excluding carboxylic acids is 1. The first-order valence-corrected chi connectivity index (χ1v) is 10.7. The highest BCUT2D eigenvalue weighted by atomic mass is 32.2. The number of ether oxygens (including phenoxy) is 2. The normalized spacial score (nSPS) is 20.8. The highest BCUT2D eigenvalue weighted by Crippen LogP contribution is 2.27. The summed E-state index contributed by atoms with van der Waals surface area (Å²) < 4.78 is 18.9. The van der Waals surface area contributed by atoms with Crippen molar-refractivity contribution in [3.05, 3.63) is 18.4 Å². The van der Waals surface area contributed by atoms with Gasteiger partial charge in [0.2, 0.25) is 5.82 Å². The molecule has 0 amide bonds. The molecule has 146 valence electrons. The Kier molecular flexibility index (Phi) is 6.14. The third-order valence-corrected chi connectivity index (χ3v) is 5.98. The van der Waals surface area contributed by atoms with Gasteiger partial charge in [-0.15, -0.1) is 10.2 Å². The molecule has 0 aromatic carbocycles. The van der Waals surface area contributed by atoms with Gasteiger partial charge in [-0.3, -0.25) is 9.36 Å². The number of esters is 1. The van der Waals surface area contributed by atoms with Crippen LogP contribution in [-0.4, -0.2) is 45.3 Å². The van der Waals surface area contributed by atoms with E-state index in [1.54, 1.807) is 6.26 Å². The lowest BCUT2D eigenvalue weighted by atomic mass is 9.98. The summed E-state index contributed by atoms with van der Waals surface area (Å²) in [5, 5.41) is 9.26. The van der Waals surface area contributed by atoms with Crippen molar-refractivity contribution in [2.24, 2.45) is 0 Å². The molecule has 0 N–H and O–H groups in total. The van der Waals surface area contributed by atoms with E-state index in [1.165, 1.54) is 18.2 Å². The van der Waals surface area contributed by atoms with Crippen molar-refractivity contribution in [2.75, 3.05) is 12.4 Å². The molecule has 0 radical (unpaired) electrons. The highest BCUT2D eigenvalue weighted by Gasteiger charge is 2.24. The Balaban J connectivity index is 1.42. The molecule has 2 fully saturated rings. The first-order valence-electron chi connectivity index (χ1n) is 9.70. The van der Waals surface area contributed by atoms with Crippen LogP contribution in [0.15, 0.2) is 28.0 Å². The molecule has 2 aliphatic rings. The highest BCUT2D eigenvalue weighted by molar-refractivity contribution is 7.99. The van der Waals surface area contributed by atoms with Gasteiger partial charge in [-0.05, 0) is 50.7 Å². The first-order chi connectivity index (χ1) is 13.3. The fourth-order valence-corrected chi connectivity index (χ4v) is 4.40. The van der Waals surface area contributed by atoms with Crippen LogP contribution >= 0.6 is 11.8 Å². The number of thioether (sulfide) groups is 1. The molecule has 1 aliphatic heterocycles. The van der Waals surface area contributed by atoms with Gasteiger partial charge < -0.3 is 13.9 Å².